The van der Waals surface area contributed by atoms with Gasteiger partial charge in [-0.3, -0.25) is 14.5 Å². The summed E-state index contributed by atoms with van der Waals surface area (Å²) in [7, 11) is 1.44. The number of hydrogen-bond acceptors (Lipinski definition) is 6. The molecule has 0 aliphatic carbocycles. The van der Waals surface area contributed by atoms with E-state index in [-0.39, 0.29) is 17.1 Å². The van der Waals surface area contributed by atoms with E-state index >= 15 is 0 Å². The normalized spacial score (nSPS) is 18.7. The predicted molar refractivity (Wildman–Crippen MR) is 97.5 cm³/mol. The molecule has 2 aliphatic heterocycles. The summed E-state index contributed by atoms with van der Waals surface area (Å²) in [5, 5.41) is 6.45. The molecule has 1 spiro atoms. The van der Waals surface area contributed by atoms with E-state index in [0.29, 0.717) is 25.1 Å². The molecule has 2 aliphatic rings. The topological polar surface area (TPSA) is 83.8 Å². The van der Waals surface area contributed by atoms with E-state index in [2.05, 4.69) is 15.5 Å². The van der Waals surface area contributed by atoms with Crippen molar-refractivity contribution in [3.8, 4) is 5.75 Å². The number of carbonyl (C=O) groups is 1. The van der Waals surface area contributed by atoms with Gasteiger partial charge in [0.25, 0.3) is 0 Å². The largest absolute Gasteiger partial charge is 0.490 e. The van der Waals surface area contributed by atoms with E-state index in [1.54, 1.807) is 0 Å². The van der Waals surface area contributed by atoms with Crippen LogP contribution in [0.4, 0.5) is 11.4 Å². The minimum atomic E-state index is -0.578. The Labute approximate surface area is 150 Å². The third-order valence-corrected chi connectivity index (χ3v) is 5.15. The van der Waals surface area contributed by atoms with Gasteiger partial charge < -0.3 is 19.8 Å². The van der Waals surface area contributed by atoms with Gasteiger partial charge in [0, 0.05) is 19.2 Å². The number of para-hydroxylation sites is 2. The van der Waals surface area contributed by atoms with E-state index in [1.165, 1.54) is 19.4 Å². The van der Waals surface area contributed by atoms with Crippen molar-refractivity contribution in [3.63, 3.8) is 0 Å². The fourth-order valence-corrected chi connectivity index (χ4v) is 3.59. The number of ether oxygens (including phenoxy) is 1. The molecule has 0 atom stereocenters. The molecule has 26 heavy (non-hydrogen) atoms. The van der Waals surface area contributed by atoms with Crippen molar-refractivity contribution in [2.24, 2.45) is 0 Å². The molecule has 7 nitrogen and oxygen atoms in total. The van der Waals surface area contributed by atoms with Crippen LogP contribution in [0.15, 0.2) is 45.8 Å². The quantitative estimate of drug-likeness (QED) is 0.877. The molecule has 1 fully saturated rings. The van der Waals surface area contributed by atoms with Crippen molar-refractivity contribution in [1.29, 1.82) is 0 Å². The average molecular weight is 355 g/mol. The van der Waals surface area contributed by atoms with Gasteiger partial charge in [0.05, 0.1) is 25.0 Å². The molecular weight excluding hydrogens is 334 g/mol. The molecule has 1 saturated heterocycles. The van der Waals surface area contributed by atoms with Gasteiger partial charge in [-0.25, -0.2) is 0 Å². The standard InChI is InChI=1S/C19H21N3O4/c1-25-17-12-26-13(10-16(17)23)11-22-8-6-19(7-9-22)18(24)20-14-4-2-3-5-15(14)21-19/h2-5,10,12,21H,6-9,11H2,1H3,(H,20,24). The van der Waals surface area contributed by atoms with Gasteiger partial charge in [-0.2, -0.15) is 0 Å². The van der Waals surface area contributed by atoms with Gasteiger partial charge in [0.15, 0.2) is 0 Å². The van der Waals surface area contributed by atoms with Gasteiger partial charge in [0.2, 0.25) is 17.1 Å². The van der Waals surface area contributed by atoms with Crippen molar-refractivity contribution >= 4 is 17.3 Å². The highest BCUT2D eigenvalue weighted by Gasteiger charge is 2.44. The first-order valence-electron chi connectivity index (χ1n) is 8.66. The van der Waals surface area contributed by atoms with Crippen molar-refractivity contribution in [2.45, 2.75) is 24.9 Å². The van der Waals surface area contributed by atoms with Gasteiger partial charge in [0.1, 0.15) is 17.6 Å². The molecule has 1 aromatic heterocycles. The minimum Gasteiger partial charge on any atom is -0.490 e. The lowest BCUT2D eigenvalue weighted by Crippen LogP contribution is -2.58. The van der Waals surface area contributed by atoms with Crippen LogP contribution < -0.4 is 20.8 Å². The molecule has 7 heteroatoms. The lowest BCUT2D eigenvalue weighted by atomic mass is 9.84. The Bertz CT molecular complexity index is 884. The van der Waals surface area contributed by atoms with Crippen LogP contribution >= 0.6 is 0 Å². The van der Waals surface area contributed by atoms with Crippen molar-refractivity contribution < 1.29 is 13.9 Å². The fraction of sp³-hybridized carbons (Fsp3) is 0.368. The van der Waals surface area contributed by atoms with Crippen LogP contribution in [0.2, 0.25) is 0 Å². The van der Waals surface area contributed by atoms with Crippen molar-refractivity contribution in [3.05, 3.63) is 52.6 Å². The highest BCUT2D eigenvalue weighted by molar-refractivity contribution is 6.06. The number of methoxy groups -OCH3 is 1. The zero-order chi connectivity index (χ0) is 18.1. The van der Waals surface area contributed by atoms with Crippen LogP contribution in [0.3, 0.4) is 0 Å². The lowest BCUT2D eigenvalue weighted by molar-refractivity contribution is -0.122. The first kappa shape index (κ1) is 16.7. The maximum absolute atomic E-state index is 12.6. The molecule has 2 N–H and O–H groups in total. The molecule has 0 unspecified atom stereocenters. The van der Waals surface area contributed by atoms with Crippen LogP contribution in [0, 0.1) is 0 Å². The Kier molecular flexibility index (Phi) is 4.16. The predicted octanol–water partition coefficient (Wildman–Crippen LogP) is 2.05. The van der Waals surface area contributed by atoms with Gasteiger partial charge in [-0.05, 0) is 25.0 Å². The number of carbonyl (C=O) groups excluding carboxylic acids is 1. The highest BCUT2D eigenvalue weighted by atomic mass is 16.5. The maximum Gasteiger partial charge on any atom is 0.250 e. The summed E-state index contributed by atoms with van der Waals surface area (Å²) in [4.78, 5) is 26.7. The second-order valence-corrected chi connectivity index (χ2v) is 6.76. The lowest BCUT2D eigenvalue weighted by Gasteiger charge is -2.44. The number of rotatable bonds is 3. The average Bonchev–Trinajstić information content (AvgIpc) is 2.65. The zero-order valence-corrected chi connectivity index (χ0v) is 14.6. The van der Waals surface area contributed by atoms with E-state index in [9.17, 15) is 9.59 Å². The third-order valence-electron chi connectivity index (χ3n) is 5.15. The molecule has 0 radical (unpaired) electrons. The summed E-state index contributed by atoms with van der Waals surface area (Å²) < 4.78 is 10.4. The summed E-state index contributed by atoms with van der Waals surface area (Å²) in [6, 6.07) is 9.20. The number of hydrogen-bond donors (Lipinski definition) is 2. The summed E-state index contributed by atoms with van der Waals surface area (Å²) in [5.41, 5.74) is 1.02. The molecule has 1 aromatic carbocycles. The first-order chi connectivity index (χ1) is 12.6. The van der Waals surface area contributed by atoms with E-state index < -0.39 is 5.54 Å². The monoisotopic (exact) mass is 355 g/mol. The van der Waals surface area contributed by atoms with Crippen LogP contribution in [-0.2, 0) is 11.3 Å². The number of nitrogens with zero attached hydrogens (tertiary/aromatic N) is 1. The van der Waals surface area contributed by atoms with Crippen LogP contribution in [0.25, 0.3) is 0 Å². The number of likely N-dealkylation sites (tertiary alicyclic amines) is 1. The first-order valence-corrected chi connectivity index (χ1v) is 8.66. The maximum atomic E-state index is 12.6. The Balaban J connectivity index is 1.43. The third kappa shape index (κ3) is 2.94. The number of piperidine rings is 1. The van der Waals surface area contributed by atoms with Gasteiger partial charge in [-0.15, -0.1) is 0 Å². The van der Waals surface area contributed by atoms with Crippen molar-refractivity contribution in [1.82, 2.24) is 4.90 Å². The van der Waals surface area contributed by atoms with Crippen LogP contribution in [0.1, 0.15) is 18.6 Å². The Morgan fingerprint density at radius 3 is 2.62 bits per heavy atom. The SMILES string of the molecule is COc1coc(CN2CCC3(CC2)Nc2ccccc2NC3=O)cc1=O. The summed E-state index contributed by atoms with van der Waals surface area (Å²) in [6.45, 7) is 2.00. The molecule has 0 saturated carbocycles. The van der Waals surface area contributed by atoms with Crippen LogP contribution in [0.5, 0.6) is 5.75 Å². The molecule has 1 amide bonds. The number of anilines is 2. The second-order valence-electron chi connectivity index (χ2n) is 6.76. The molecule has 2 aromatic rings. The Morgan fingerprint density at radius 2 is 1.92 bits per heavy atom. The summed E-state index contributed by atoms with van der Waals surface area (Å²) >= 11 is 0. The van der Waals surface area contributed by atoms with Gasteiger partial charge >= 0.3 is 0 Å². The fourth-order valence-electron chi connectivity index (χ4n) is 3.59. The van der Waals surface area contributed by atoms with E-state index in [4.69, 9.17) is 9.15 Å². The molecule has 0 bridgehead atoms. The summed E-state index contributed by atoms with van der Waals surface area (Å²) in [6.07, 6.45) is 2.72. The number of fused-ring (bicyclic) bond motifs is 1. The molecule has 4 rings (SSSR count). The van der Waals surface area contributed by atoms with E-state index in [1.807, 2.05) is 24.3 Å². The second kappa shape index (κ2) is 6.49. The number of amides is 1. The Morgan fingerprint density at radius 1 is 1.19 bits per heavy atom. The van der Waals surface area contributed by atoms with Gasteiger partial charge in [-0.1, -0.05) is 12.1 Å². The van der Waals surface area contributed by atoms with Crippen molar-refractivity contribution in [2.75, 3.05) is 30.8 Å². The minimum absolute atomic E-state index is 0.0202. The number of nitrogens with one attached hydrogen (secondary N) is 2. The Hall–Kier alpha value is -2.80. The molecule has 3 heterocycles. The summed E-state index contributed by atoms with van der Waals surface area (Å²) in [5.74, 6) is 0.818. The van der Waals surface area contributed by atoms with Crippen LogP contribution in [-0.4, -0.2) is 36.5 Å². The zero-order valence-electron chi connectivity index (χ0n) is 14.6. The van der Waals surface area contributed by atoms with E-state index in [0.717, 1.165) is 24.5 Å². The smallest absolute Gasteiger partial charge is 0.250 e. The molecule has 136 valence electrons. The molecular formula is C19H21N3O4. The number of benzene rings is 1. The highest BCUT2D eigenvalue weighted by Crippen LogP contribution is 2.36.